The minimum Gasteiger partial charge on any atom is -0.333 e. The number of aryl methyl sites for hydroxylation is 1. The standard InChI is InChI=1S/C22H19N7OS3/c1-28-12-10-23-20(28)18-17(14-6-3-2-4-7-14)25-21(33-18)24-16(30)9-11-29-19(26-27-22(29)31)15-8-5-13-32-15/h2-8,10,12-13H,9,11H2,1H3,(H,27,31)(H,24,25,30). The van der Waals surface area contributed by atoms with Crippen LogP contribution in [-0.2, 0) is 18.4 Å². The number of thiophene rings is 1. The molecule has 0 aliphatic carbocycles. The first-order valence-electron chi connectivity index (χ1n) is 10.1. The molecule has 1 amide bonds. The van der Waals surface area contributed by atoms with E-state index in [1.165, 1.54) is 11.3 Å². The van der Waals surface area contributed by atoms with Gasteiger partial charge in [0, 0.05) is 38.0 Å². The highest BCUT2D eigenvalue weighted by molar-refractivity contribution is 7.71. The lowest BCUT2D eigenvalue weighted by molar-refractivity contribution is -0.116. The van der Waals surface area contributed by atoms with Crippen molar-refractivity contribution in [2.45, 2.75) is 13.0 Å². The molecular weight excluding hydrogens is 474 g/mol. The summed E-state index contributed by atoms with van der Waals surface area (Å²) in [7, 11) is 1.94. The number of hydrogen-bond acceptors (Lipinski definition) is 7. The van der Waals surface area contributed by atoms with Gasteiger partial charge in [0.25, 0.3) is 0 Å². The Labute approximate surface area is 202 Å². The van der Waals surface area contributed by atoms with Gasteiger partial charge in [-0.25, -0.2) is 9.97 Å². The highest BCUT2D eigenvalue weighted by Crippen LogP contribution is 2.38. The Bertz CT molecular complexity index is 1440. The molecule has 0 unspecified atom stereocenters. The largest absolute Gasteiger partial charge is 0.333 e. The van der Waals surface area contributed by atoms with Crippen LogP contribution in [0.3, 0.4) is 0 Å². The normalized spacial score (nSPS) is 11.1. The third kappa shape index (κ3) is 4.42. The zero-order valence-electron chi connectivity index (χ0n) is 17.6. The Balaban J connectivity index is 1.37. The maximum absolute atomic E-state index is 12.8. The molecule has 0 aliphatic heterocycles. The van der Waals surface area contributed by atoms with Crippen molar-refractivity contribution in [1.82, 2.24) is 29.3 Å². The van der Waals surface area contributed by atoms with Crippen molar-refractivity contribution in [2.75, 3.05) is 5.32 Å². The van der Waals surface area contributed by atoms with Gasteiger partial charge in [-0.2, -0.15) is 5.10 Å². The molecule has 0 atom stereocenters. The summed E-state index contributed by atoms with van der Waals surface area (Å²) in [5.74, 6) is 1.40. The van der Waals surface area contributed by atoms with Gasteiger partial charge in [0.1, 0.15) is 0 Å². The van der Waals surface area contributed by atoms with Crippen LogP contribution in [0, 0.1) is 4.77 Å². The molecule has 8 nitrogen and oxygen atoms in total. The topological polar surface area (TPSA) is 93.4 Å². The van der Waals surface area contributed by atoms with Gasteiger partial charge in [0.2, 0.25) is 5.91 Å². The molecule has 0 radical (unpaired) electrons. The maximum atomic E-state index is 12.8. The summed E-state index contributed by atoms with van der Waals surface area (Å²) in [5, 5.41) is 12.6. The van der Waals surface area contributed by atoms with Gasteiger partial charge in [-0.1, -0.05) is 47.7 Å². The number of anilines is 1. The molecule has 4 heterocycles. The lowest BCUT2D eigenvalue weighted by atomic mass is 10.1. The summed E-state index contributed by atoms with van der Waals surface area (Å²) in [4.78, 5) is 23.9. The number of carbonyl (C=O) groups is 1. The quantitative estimate of drug-likeness (QED) is 0.303. The number of thiazole rings is 1. The van der Waals surface area contributed by atoms with E-state index in [1.54, 1.807) is 17.5 Å². The van der Waals surface area contributed by atoms with Crippen LogP contribution in [0.2, 0.25) is 0 Å². The Kier molecular flexibility index (Phi) is 5.99. The highest BCUT2D eigenvalue weighted by Gasteiger charge is 2.19. The van der Waals surface area contributed by atoms with Gasteiger partial charge < -0.3 is 9.88 Å². The van der Waals surface area contributed by atoms with Crippen molar-refractivity contribution < 1.29 is 4.79 Å². The summed E-state index contributed by atoms with van der Waals surface area (Å²) in [5.41, 5.74) is 1.76. The maximum Gasteiger partial charge on any atom is 0.227 e. The number of amides is 1. The van der Waals surface area contributed by atoms with Crippen molar-refractivity contribution in [3.05, 3.63) is 65.0 Å². The zero-order valence-corrected chi connectivity index (χ0v) is 20.0. The third-order valence-electron chi connectivity index (χ3n) is 5.01. The van der Waals surface area contributed by atoms with Crippen LogP contribution in [0.15, 0.2) is 60.2 Å². The molecule has 2 N–H and O–H groups in total. The fraction of sp³-hybridized carbons (Fsp3) is 0.136. The van der Waals surface area contributed by atoms with Gasteiger partial charge in [0.15, 0.2) is 21.6 Å². The van der Waals surface area contributed by atoms with E-state index in [0.29, 0.717) is 16.4 Å². The number of H-pyrrole nitrogens is 1. The van der Waals surface area contributed by atoms with E-state index >= 15 is 0 Å². The molecule has 11 heteroatoms. The zero-order chi connectivity index (χ0) is 22.8. The minimum atomic E-state index is -0.144. The first-order valence-corrected chi connectivity index (χ1v) is 12.2. The summed E-state index contributed by atoms with van der Waals surface area (Å²) >= 11 is 8.35. The fourth-order valence-electron chi connectivity index (χ4n) is 3.42. The van der Waals surface area contributed by atoms with Crippen molar-refractivity contribution in [2.24, 2.45) is 7.05 Å². The van der Waals surface area contributed by atoms with Crippen LogP contribution in [0.1, 0.15) is 6.42 Å². The number of aromatic nitrogens is 6. The molecular formula is C22H19N7OS3. The molecule has 166 valence electrons. The Morgan fingerprint density at radius 2 is 2.03 bits per heavy atom. The van der Waals surface area contributed by atoms with Gasteiger partial charge in [0.05, 0.1) is 15.4 Å². The van der Waals surface area contributed by atoms with E-state index in [0.717, 1.165) is 32.7 Å². The van der Waals surface area contributed by atoms with Crippen LogP contribution < -0.4 is 5.32 Å². The summed E-state index contributed by atoms with van der Waals surface area (Å²) in [6, 6.07) is 13.8. The number of rotatable bonds is 7. The van der Waals surface area contributed by atoms with Gasteiger partial charge in [-0.15, -0.1) is 11.3 Å². The molecule has 1 aromatic carbocycles. The van der Waals surface area contributed by atoms with Crippen molar-refractivity contribution in [1.29, 1.82) is 0 Å². The molecule has 0 saturated heterocycles. The molecule has 4 aromatic heterocycles. The molecule has 5 rings (SSSR count). The second-order valence-corrected chi connectivity index (χ2v) is 9.54. The van der Waals surface area contributed by atoms with Gasteiger partial charge >= 0.3 is 0 Å². The molecule has 0 spiro atoms. The molecule has 0 bridgehead atoms. The SMILES string of the molecule is Cn1ccnc1-c1sc(NC(=O)CCn2c(-c3cccs3)n[nH]c2=S)nc1-c1ccccc1. The fourth-order valence-corrected chi connectivity index (χ4v) is 5.40. The van der Waals surface area contributed by atoms with E-state index in [4.69, 9.17) is 17.2 Å². The van der Waals surface area contributed by atoms with Crippen LogP contribution in [-0.4, -0.2) is 35.2 Å². The van der Waals surface area contributed by atoms with Crippen LogP contribution >= 0.6 is 34.9 Å². The summed E-state index contributed by atoms with van der Waals surface area (Å²) < 4.78 is 4.28. The van der Waals surface area contributed by atoms with Crippen LogP contribution in [0.5, 0.6) is 0 Å². The summed E-state index contributed by atoms with van der Waals surface area (Å²) in [6.45, 7) is 0.414. The minimum absolute atomic E-state index is 0.144. The lowest BCUT2D eigenvalue weighted by Gasteiger charge is -2.05. The number of hydrogen-bond donors (Lipinski definition) is 2. The first kappa shape index (κ1) is 21.4. The molecule has 33 heavy (non-hydrogen) atoms. The van der Waals surface area contributed by atoms with E-state index in [-0.39, 0.29) is 12.3 Å². The predicted molar refractivity (Wildman–Crippen MR) is 134 cm³/mol. The van der Waals surface area contributed by atoms with Crippen molar-refractivity contribution in [3.8, 4) is 32.7 Å². The predicted octanol–water partition coefficient (Wildman–Crippen LogP) is 5.22. The van der Waals surface area contributed by atoms with Gasteiger partial charge in [-0.3, -0.25) is 14.5 Å². The molecule has 0 aliphatic rings. The van der Waals surface area contributed by atoms with Crippen molar-refractivity contribution in [3.63, 3.8) is 0 Å². The molecule has 0 fully saturated rings. The van der Waals surface area contributed by atoms with Crippen LogP contribution in [0.4, 0.5) is 5.13 Å². The second kappa shape index (κ2) is 9.22. The Morgan fingerprint density at radius 1 is 1.18 bits per heavy atom. The average Bonchev–Trinajstić information content (AvgIpc) is 3.60. The Morgan fingerprint density at radius 3 is 2.76 bits per heavy atom. The van der Waals surface area contributed by atoms with Crippen molar-refractivity contribution >= 4 is 45.9 Å². The number of nitrogens with zero attached hydrogens (tertiary/aromatic N) is 5. The number of aromatic amines is 1. The number of nitrogens with one attached hydrogen (secondary N) is 2. The van der Waals surface area contributed by atoms with Crippen LogP contribution in [0.25, 0.3) is 32.7 Å². The highest BCUT2D eigenvalue weighted by atomic mass is 32.1. The lowest BCUT2D eigenvalue weighted by Crippen LogP contribution is -2.14. The van der Waals surface area contributed by atoms with E-state index in [1.807, 2.05) is 70.2 Å². The van der Waals surface area contributed by atoms with E-state index in [2.05, 4.69) is 20.5 Å². The number of imidazole rings is 1. The monoisotopic (exact) mass is 493 g/mol. The van der Waals surface area contributed by atoms with Gasteiger partial charge in [-0.05, 0) is 23.7 Å². The average molecular weight is 494 g/mol. The first-order chi connectivity index (χ1) is 16.1. The number of benzene rings is 1. The second-order valence-electron chi connectivity index (χ2n) is 7.20. The van der Waals surface area contributed by atoms with E-state index in [9.17, 15) is 4.79 Å². The molecule has 0 saturated carbocycles. The molecule has 5 aromatic rings. The number of carbonyl (C=O) groups excluding carboxylic acids is 1. The summed E-state index contributed by atoms with van der Waals surface area (Å²) in [6.07, 6.45) is 3.88. The van der Waals surface area contributed by atoms with E-state index < -0.39 is 0 Å². The smallest absolute Gasteiger partial charge is 0.227 e. The Hall–Kier alpha value is -3.41. The third-order valence-corrected chi connectivity index (χ3v) is 7.15.